The minimum atomic E-state index is -3.54. The third kappa shape index (κ3) is 4.72. The van der Waals surface area contributed by atoms with Crippen LogP contribution >= 0.6 is 0 Å². The quantitative estimate of drug-likeness (QED) is 0.836. The van der Waals surface area contributed by atoms with Gasteiger partial charge in [-0.15, -0.1) is 0 Å². The molecule has 7 heteroatoms. The molecular formula is C21H27N3O3S. The van der Waals surface area contributed by atoms with Crippen LogP contribution in [0.3, 0.4) is 0 Å². The molecule has 28 heavy (non-hydrogen) atoms. The second kappa shape index (κ2) is 8.32. The Balaban J connectivity index is 1.60. The van der Waals surface area contributed by atoms with Gasteiger partial charge in [0.15, 0.2) is 0 Å². The van der Waals surface area contributed by atoms with Crippen molar-refractivity contribution in [3.05, 3.63) is 59.7 Å². The van der Waals surface area contributed by atoms with Gasteiger partial charge in [-0.25, -0.2) is 13.1 Å². The summed E-state index contributed by atoms with van der Waals surface area (Å²) in [6.45, 7) is 2.99. The fourth-order valence-corrected chi connectivity index (χ4v) is 4.61. The van der Waals surface area contributed by atoms with Crippen molar-refractivity contribution in [1.82, 2.24) is 9.62 Å². The number of likely N-dealkylation sites (tertiary alicyclic amines) is 1. The molecule has 2 aromatic rings. The molecule has 0 spiro atoms. The lowest BCUT2D eigenvalue weighted by molar-refractivity contribution is 0.0711. The van der Waals surface area contributed by atoms with Crippen LogP contribution in [0.25, 0.3) is 0 Å². The van der Waals surface area contributed by atoms with Gasteiger partial charge in [0.1, 0.15) is 0 Å². The van der Waals surface area contributed by atoms with Crippen LogP contribution in [0.2, 0.25) is 0 Å². The van der Waals surface area contributed by atoms with Crippen molar-refractivity contribution in [2.24, 2.45) is 0 Å². The van der Waals surface area contributed by atoms with Crippen LogP contribution in [0.1, 0.15) is 28.8 Å². The maximum Gasteiger partial charge on any atom is 0.253 e. The zero-order valence-corrected chi connectivity index (χ0v) is 17.4. The molecule has 0 aromatic heterocycles. The van der Waals surface area contributed by atoms with E-state index in [2.05, 4.69) is 4.72 Å². The third-order valence-electron chi connectivity index (χ3n) is 5.04. The summed E-state index contributed by atoms with van der Waals surface area (Å²) in [7, 11) is 0.339. The average molecular weight is 402 g/mol. The summed E-state index contributed by atoms with van der Waals surface area (Å²) in [6, 6.07) is 14.2. The van der Waals surface area contributed by atoms with Crippen molar-refractivity contribution in [3.8, 4) is 0 Å². The Bertz CT molecular complexity index is 932. The summed E-state index contributed by atoms with van der Waals surface area (Å²) in [4.78, 5) is 16.8. The van der Waals surface area contributed by atoms with E-state index in [4.69, 9.17) is 0 Å². The number of anilines is 1. The van der Waals surface area contributed by atoms with Crippen LogP contribution < -0.4 is 9.62 Å². The second-order valence-corrected chi connectivity index (χ2v) is 9.16. The number of hydrogen-bond acceptors (Lipinski definition) is 4. The minimum absolute atomic E-state index is 0.0106. The molecule has 6 nitrogen and oxygen atoms in total. The van der Waals surface area contributed by atoms with Crippen molar-refractivity contribution >= 4 is 21.6 Å². The minimum Gasteiger partial charge on any atom is -0.378 e. The molecule has 1 N–H and O–H groups in total. The number of piperidine rings is 1. The highest BCUT2D eigenvalue weighted by atomic mass is 32.2. The van der Waals surface area contributed by atoms with Crippen LogP contribution in [0.15, 0.2) is 53.4 Å². The van der Waals surface area contributed by atoms with E-state index in [0.29, 0.717) is 31.5 Å². The molecule has 0 saturated carbocycles. The molecule has 0 atom stereocenters. The lowest BCUT2D eigenvalue weighted by Crippen LogP contribution is -2.46. The van der Waals surface area contributed by atoms with Gasteiger partial charge in [0.2, 0.25) is 10.0 Å². The van der Waals surface area contributed by atoms with Gasteiger partial charge in [-0.05, 0) is 50.1 Å². The molecule has 1 amide bonds. The van der Waals surface area contributed by atoms with E-state index >= 15 is 0 Å². The van der Waals surface area contributed by atoms with Gasteiger partial charge >= 0.3 is 0 Å². The maximum atomic E-state index is 12.8. The van der Waals surface area contributed by atoms with Gasteiger partial charge in [0.05, 0.1) is 4.90 Å². The highest BCUT2D eigenvalue weighted by molar-refractivity contribution is 7.89. The van der Waals surface area contributed by atoms with Crippen LogP contribution in [0.4, 0.5) is 5.69 Å². The lowest BCUT2D eigenvalue weighted by Gasteiger charge is -2.32. The predicted molar refractivity (Wildman–Crippen MR) is 111 cm³/mol. The highest BCUT2D eigenvalue weighted by Gasteiger charge is 2.27. The first-order valence-electron chi connectivity index (χ1n) is 9.42. The van der Waals surface area contributed by atoms with E-state index in [-0.39, 0.29) is 16.8 Å². The van der Waals surface area contributed by atoms with E-state index < -0.39 is 10.0 Å². The number of nitrogens with zero attached hydrogens (tertiary/aromatic N) is 2. The fraction of sp³-hybridized carbons (Fsp3) is 0.381. The molecule has 1 heterocycles. The maximum absolute atomic E-state index is 12.8. The summed E-state index contributed by atoms with van der Waals surface area (Å²) in [5.41, 5.74) is 2.65. The molecule has 0 aliphatic carbocycles. The number of nitrogens with one attached hydrogen (secondary N) is 1. The van der Waals surface area contributed by atoms with E-state index in [1.807, 2.05) is 50.2 Å². The molecule has 1 fully saturated rings. The summed E-state index contributed by atoms with van der Waals surface area (Å²) in [5.74, 6) is -0.0106. The Hall–Kier alpha value is -2.38. The van der Waals surface area contributed by atoms with Crippen LogP contribution in [0, 0.1) is 6.92 Å². The Morgan fingerprint density at radius 3 is 2.32 bits per heavy atom. The number of amides is 1. The summed E-state index contributed by atoms with van der Waals surface area (Å²) in [6.07, 6.45) is 1.20. The highest BCUT2D eigenvalue weighted by Crippen LogP contribution is 2.19. The molecule has 0 radical (unpaired) electrons. The molecule has 0 bridgehead atoms. The largest absolute Gasteiger partial charge is 0.378 e. The number of aryl methyl sites for hydroxylation is 1. The van der Waals surface area contributed by atoms with E-state index in [1.165, 1.54) is 0 Å². The lowest BCUT2D eigenvalue weighted by atomic mass is 10.0. The Morgan fingerprint density at radius 2 is 1.71 bits per heavy atom. The van der Waals surface area contributed by atoms with Crippen LogP contribution in [-0.4, -0.2) is 52.5 Å². The average Bonchev–Trinajstić information content (AvgIpc) is 2.68. The van der Waals surface area contributed by atoms with Crippen molar-refractivity contribution in [2.75, 3.05) is 32.1 Å². The second-order valence-electron chi connectivity index (χ2n) is 7.45. The Labute approximate surface area is 167 Å². The summed E-state index contributed by atoms with van der Waals surface area (Å²) in [5, 5.41) is 0. The number of carbonyl (C=O) groups is 1. The number of sulfonamides is 1. The summed E-state index contributed by atoms with van der Waals surface area (Å²) >= 11 is 0. The van der Waals surface area contributed by atoms with Crippen molar-refractivity contribution in [2.45, 2.75) is 30.7 Å². The summed E-state index contributed by atoms with van der Waals surface area (Å²) < 4.78 is 27.9. The molecular weight excluding hydrogens is 374 g/mol. The SMILES string of the molecule is Cc1ccc(S(=O)(=O)NC2CCN(C(=O)c3cccc(N(C)C)c3)CC2)cc1. The Kier molecular flexibility index (Phi) is 6.05. The molecule has 1 saturated heterocycles. The van der Waals surface area contributed by atoms with Gasteiger partial charge in [-0.1, -0.05) is 23.8 Å². The third-order valence-corrected chi connectivity index (χ3v) is 6.58. The molecule has 150 valence electrons. The van der Waals surface area contributed by atoms with Crippen LogP contribution in [-0.2, 0) is 10.0 Å². The number of carbonyl (C=O) groups excluding carboxylic acids is 1. The zero-order valence-electron chi connectivity index (χ0n) is 16.6. The fourth-order valence-electron chi connectivity index (χ4n) is 3.30. The van der Waals surface area contributed by atoms with E-state index in [0.717, 1.165) is 11.3 Å². The zero-order chi connectivity index (χ0) is 20.3. The first-order valence-corrected chi connectivity index (χ1v) is 10.9. The molecule has 1 aliphatic rings. The van der Waals surface area contributed by atoms with Crippen LogP contribution in [0.5, 0.6) is 0 Å². The first kappa shape index (κ1) is 20.4. The topological polar surface area (TPSA) is 69.7 Å². The van der Waals surface area contributed by atoms with Gasteiger partial charge in [-0.3, -0.25) is 4.79 Å². The van der Waals surface area contributed by atoms with E-state index in [1.54, 1.807) is 29.2 Å². The number of rotatable bonds is 5. The van der Waals surface area contributed by atoms with Gasteiger partial charge in [0, 0.05) is 44.5 Å². The molecule has 1 aliphatic heterocycles. The predicted octanol–water partition coefficient (Wildman–Crippen LogP) is 2.64. The molecule has 3 rings (SSSR count). The van der Waals surface area contributed by atoms with Gasteiger partial charge in [0.25, 0.3) is 5.91 Å². The van der Waals surface area contributed by atoms with Gasteiger partial charge < -0.3 is 9.80 Å². The van der Waals surface area contributed by atoms with Crippen molar-refractivity contribution in [1.29, 1.82) is 0 Å². The van der Waals surface area contributed by atoms with Gasteiger partial charge in [-0.2, -0.15) is 0 Å². The number of hydrogen-bond donors (Lipinski definition) is 1. The Morgan fingerprint density at radius 1 is 1.07 bits per heavy atom. The smallest absolute Gasteiger partial charge is 0.253 e. The molecule has 0 unspecified atom stereocenters. The van der Waals surface area contributed by atoms with Crippen molar-refractivity contribution < 1.29 is 13.2 Å². The van der Waals surface area contributed by atoms with E-state index in [9.17, 15) is 13.2 Å². The monoisotopic (exact) mass is 401 g/mol. The standard InChI is InChI=1S/C21H27N3O3S/c1-16-7-9-20(10-8-16)28(26,27)22-18-11-13-24(14-12-18)21(25)17-5-4-6-19(15-17)23(2)3/h4-10,15,18,22H,11-14H2,1-3H3. The first-order chi connectivity index (χ1) is 13.3. The normalized spacial score (nSPS) is 15.5. The molecule has 2 aromatic carbocycles. The number of benzene rings is 2. The van der Waals surface area contributed by atoms with Crippen molar-refractivity contribution in [3.63, 3.8) is 0 Å².